The first-order valence-corrected chi connectivity index (χ1v) is 4.77. The molecule has 2 aromatic rings. The summed E-state index contributed by atoms with van der Waals surface area (Å²) in [5, 5.41) is 0. The van der Waals surface area contributed by atoms with Crippen LogP contribution in [0.15, 0.2) is 48.7 Å². The van der Waals surface area contributed by atoms with Gasteiger partial charge < -0.3 is 0 Å². The van der Waals surface area contributed by atoms with Gasteiger partial charge in [-0.1, -0.05) is 18.2 Å². The van der Waals surface area contributed by atoms with Gasteiger partial charge in [0, 0.05) is 0 Å². The maximum absolute atomic E-state index is 11.9. The molecular formula is C12H9N2O+. The summed E-state index contributed by atoms with van der Waals surface area (Å²) in [5.41, 5.74) is 1.81. The van der Waals surface area contributed by atoms with Crippen LogP contribution in [0.25, 0.3) is 0 Å². The largest absolute Gasteiger partial charge is 0.508 e. The van der Waals surface area contributed by atoms with Crippen LogP contribution in [0.3, 0.4) is 0 Å². The molecule has 0 spiro atoms. The van der Waals surface area contributed by atoms with E-state index in [4.69, 9.17) is 0 Å². The molecule has 15 heavy (non-hydrogen) atoms. The molecule has 0 atom stereocenters. The van der Waals surface area contributed by atoms with E-state index in [-0.39, 0.29) is 6.03 Å². The molecule has 0 unspecified atom stereocenters. The van der Waals surface area contributed by atoms with Gasteiger partial charge in [0.05, 0.1) is 0 Å². The van der Waals surface area contributed by atoms with Crippen LogP contribution in [-0.2, 0) is 0 Å². The molecule has 0 bridgehead atoms. The molecule has 1 aromatic carbocycles. The van der Waals surface area contributed by atoms with E-state index in [9.17, 15) is 4.79 Å². The minimum absolute atomic E-state index is 0.0267. The van der Waals surface area contributed by atoms with Crippen molar-refractivity contribution < 1.29 is 9.37 Å². The quantitative estimate of drug-likeness (QED) is 0.643. The van der Waals surface area contributed by atoms with Crippen LogP contribution in [-0.4, -0.2) is 21.4 Å². The van der Waals surface area contributed by atoms with Gasteiger partial charge in [0.1, 0.15) is 18.1 Å². The Bertz CT molecular complexity index is 552. The van der Waals surface area contributed by atoms with Crippen molar-refractivity contribution in [2.24, 2.45) is 0 Å². The Hall–Kier alpha value is -2.16. The fourth-order valence-corrected chi connectivity index (χ4v) is 1.75. The molecule has 3 heteroatoms. The zero-order chi connectivity index (χ0) is 10.3. The zero-order valence-electron chi connectivity index (χ0n) is 8.00. The Morgan fingerprint density at radius 1 is 1.00 bits per heavy atom. The number of hydrogen-bond acceptors (Lipinski definition) is 1. The SMILES string of the molecule is O=C1n2cccc2C=[N+]1c1ccccc1. The summed E-state index contributed by atoms with van der Waals surface area (Å²) >= 11 is 0. The standard InChI is InChI=1S/C12H9N2O/c15-12-13-8-4-7-11(13)9-14(12)10-5-2-1-3-6-10/h1-9H/q+1. The average Bonchev–Trinajstić information content (AvgIpc) is 2.83. The molecule has 72 valence electrons. The third-order valence-electron chi connectivity index (χ3n) is 2.49. The number of aromatic nitrogens is 1. The lowest BCUT2D eigenvalue weighted by Crippen LogP contribution is -2.15. The molecule has 0 N–H and O–H groups in total. The highest BCUT2D eigenvalue weighted by Crippen LogP contribution is 2.17. The number of fused-ring (bicyclic) bond motifs is 1. The van der Waals surface area contributed by atoms with E-state index in [0.717, 1.165) is 11.4 Å². The summed E-state index contributed by atoms with van der Waals surface area (Å²) in [7, 11) is 0. The first-order chi connectivity index (χ1) is 7.36. The average molecular weight is 197 g/mol. The van der Waals surface area contributed by atoms with E-state index in [1.807, 2.05) is 48.7 Å². The summed E-state index contributed by atoms with van der Waals surface area (Å²) in [6.45, 7) is 0. The van der Waals surface area contributed by atoms with Crippen molar-refractivity contribution in [1.82, 2.24) is 4.57 Å². The van der Waals surface area contributed by atoms with Crippen LogP contribution >= 0.6 is 0 Å². The molecule has 1 aromatic heterocycles. The predicted molar refractivity (Wildman–Crippen MR) is 56.8 cm³/mol. The lowest BCUT2D eigenvalue weighted by atomic mass is 10.3. The number of hydrogen-bond donors (Lipinski definition) is 0. The molecule has 1 aliphatic heterocycles. The van der Waals surface area contributed by atoms with E-state index in [1.54, 1.807) is 15.3 Å². The minimum atomic E-state index is -0.0267. The number of carbonyl (C=O) groups is 1. The van der Waals surface area contributed by atoms with Crippen molar-refractivity contribution in [1.29, 1.82) is 0 Å². The van der Waals surface area contributed by atoms with Gasteiger partial charge in [-0.3, -0.25) is 0 Å². The first kappa shape index (κ1) is 8.17. The highest BCUT2D eigenvalue weighted by Gasteiger charge is 2.30. The van der Waals surface area contributed by atoms with Crippen molar-refractivity contribution >= 4 is 17.9 Å². The van der Waals surface area contributed by atoms with Crippen molar-refractivity contribution in [3.8, 4) is 0 Å². The van der Waals surface area contributed by atoms with Gasteiger partial charge in [-0.15, -0.1) is 0 Å². The zero-order valence-corrected chi connectivity index (χ0v) is 8.00. The van der Waals surface area contributed by atoms with Gasteiger partial charge in [-0.2, -0.15) is 13.9 Å². The van der Waals surface area contributed by atoms with Gasteiger partial charge in [-0.25, -0.2) is 0 Å². The number of nitrogens with zero attached hydrogens (tertiary/aromatic N) is 2. The molecular weight excluding hydrogens is 188 g/mol. The summed E-state index contributed by atoms with van der Waals surface area (Å²) in [6, 6.07) is 13.4. The van der Waals surface area contributed by atoms with E-state index >= 15 is 0 Å². The number of amides is 1. The number of para-hydroxylation sites is 1. The summed E-state index contributed by atoms with van der Waals surface area (Å²) in [4.78, 5) is 11.9. The van der Waals surface area contributed by atoms with Crippen molar-refractivity contribution in [2.45, 2.75) is 0 Å². The summed E-state index contributed by atoms with van der Waals surface area (Å²) in [6.07, 6.45) is 3.62. The normalized spacial score (nSPS) is 13.9. The van der Waals surface area contributed by atoms with Crippen LogP contribution in [0.1, 0.15) is 5.69 Å². The molecule has 3 nitrogen and oxygen atoms in total. The molecule has 0 saturated heterocycles. The van der Waals surface area contributed by atoms with Crippen molar-refractivity contribution in [2.75, 3.05) is 0 Å². The lowest BCUT2D eigenvalue weighted by Gasteiger charge is -1.96. The second-order valence-electron chi connectivity index (χ2n) is 3.42. The lowest BCUT2D eigenvalue weighted by molar-refractivity contribution is -0.321. The smallest absolute Gasteiger partial charge is 0.196 e. The predicted octanol–water partition coefficient (Wildman–Crippen LogP) is 2.23. The third-order valence-corrected chi connectivity index (χ3v) is 2.49. The number of carbonyl (C=O) groups excluding carboxylic acids is 1. The van der Waals surface area contributed by atoms with Crippen molar-refractivity contribution in [3.05, 3.63) is 54.4 Å². The molecule has 1 aliphatic rings. The minimum Gasteiger partial charge on any atom is -0.196 e. The van der Waals surface area contributed by atoms with E-state index < -0.39 is 0 Å². The van der Waals surface area contributed by atoms with Crippen LogP contribution in [0.4, 0.5) is 10.5 Å². The van der Waals surface area contributed by atoms with Crippen molar-refractivity contribution in [3.63, 3.8) is 0 Å². The molecule has 3 rings (SSSR count). The van der Waals surface area contributed by atoms with E-state index in [0.29, 0.717) is 0 Å². The molecule has 2 heterocycles. The number of rotatable bonds is 1. The monoisotopic (exact) mass is 197 g/mol. The highest BCUT2D eigenvalue weighted by molar-refractivity contribution is 5.92. The van der Waals surface area contributed by atoms with Gasteiger partial charge in [-0.05, 0) is 24.3 Å². The molecule has 0 radical (unpaired) electrons. The Morgan fingerprint density at radius 2 is 1.80 bits per heavy atom. The van der Waals surface area contributed by atoms with Gasteiger partial charge in [0.15, 0.2) is 5.69 Å². The van der Waals surface area contributed by atoms with E-state index in [1.165, 1.54) is 0 Å². The second kappa shape index (κ2) is 2.92. The van der Waals surface area contributed by atoms with Gasteiger partial charge >= 0.3 is 6.03 Å². The van der Waals surface area contributed by atoms with Crippen LogP contribution in [0.2, 0.25) is 0 Å². The summed E-state index contributed by atoms with van der Waals surface area (Å²) in [5.74, 6) is 0. The summed E-state index contributed by atoms with van der Waals surface area (Å²) < 4.78 is 3.28. The molecule has 1 amide bonds. The van der Waals surface area contributed by atoms with Gasteiger partial charge in [0.2, 0.25) is 0 Å². The van der Waals surface area contributed by atoms with E-state index in [2.05, 4.69) is 0 Å². The van der Waals surface area contributed by atoms with Crippen LogP contribution in [0, 0.1) is 0 Å². The molecule has 0 saturated carbocycles. The Morgan fingerprint density at radius 3 is 2.53 bits per heavy atom. The Kier molecular flexibility index (Phi) is 1.59. The van der Waals surface area contributed by atoms with Gasteiger partial charge in [0.25, 0.3) is 0 Å². The third kappa shape index (κ3) is 1.13. The fourth-order valence-electron chi connectivity index (χ4n) is 1.75. The second-order valence-corrected chi connectivity index (χ2v) is 3.42. The first-order valence-electron chi connectivity index (χ1n) is 4.77. The van der Waals surface area contributed by atoms with Crippen LogP contribution in [0.5, 0.6) is 0 Å². The maximum Gasteiger partial charge on any atom is 0.508 e. The Balaban J connectivity index is 2.12. The molecule has 0 fully saturated rings. The number of benzene rings is 1. The fraction of sp³-hybridized carbons (Fsp3) is 0. The molecule has 0 aliphatic carbocycles. The maximum atomic E-state index is 11.9. The Labute approximate surface area is 86.9 Å². The van der Waals surface area contributed by atoms with Crippen LogP contribution < -0.4 is 0 Å². The highest BCUT2D eigenvalue weighted by atomic mass is 16.2. The topological polar surface area (TPSA) is 25.0 Å².